The third-order valence-electron chi connectivity index (χ3n) is 5.40. The molecule has 2 aliphatic heterocycles. The molecule has 0 saturated carbocycles. The number of fused-ring (bicyclic) bond motifs is 1. The number of para-hydroxylation sites is 1. The van der Waals surface area contributed by atoms with Crippen molar-refractivity contribution >= 4 is 23.5 Å². The van der Waals surface area contributed by atoms with Crippen LogP contribution in [0.25, 0.3) is 0 Å². The van der Waals surface area contributed by atoms with E-state index < -0.39 is 0 Å². The molecule has 1 fully saturated rings. The maximum Gasteiger partial charge on any atom is 0.409 e. The molecule has 2 aliphatic rings. The summed E-state index contributed by atoms with van der Waals surface area (Å²) in [6.07, 6.45) is 2.08. The van der Waals surface area contributed by atoms with Crippen molar-refractivity contribution in [2.24, 2.45) is 0 Å². The van der Waals surface area contributed by atoms with E-state index in [1.54, 1.807) is 17.9 Å². The molecule has 8 heteroatoms. The van der Waals surface area contributed by atoms with Crippen molar-refractivity contribution in [3.05, 3.63) is 47.7 Å². The van der Waals surface area contributed by atoms with E-state index >= 15 is 0 Å². The third kappa shape index (κ3) is 4.16. The molecule has 2 aromatic rings. The molecule has 29 heavy (non-hydrogen) atoms. The van der Waals surface area contributed by atoms with Gasteiger partial charge in [-0.15, -0.1) is 10.2 Å². The molecular formula is C21H25N5O3. The van der Waals surface area contributed by atoms with Gasteiger partial charge in [0.05, 0.1) is 6.61 Å². The molecule has 0 bridgehead atoms. The van der Waals surface area contributed by atoms with Gasteiger partial charge < -0.3 is 19.9 Å². The molecule has 2 amide bonds. The van der Waals surface area contributed by atoms with E-state index in [1.807, 2.05) is 18.2 Å². The Kier molecular flexibility index (Phi) is 5.59. The number of anilines is 2. The predicted molar refractivity (Wildman–Crippen MR) is 108 cm³/mol. The maximum atomic E-state index is 12.5. The Balaban J connectivity index is 1.33. The molecule has 1 aromatic heterocycles. The quantitative estimate of drug-likeness (QED) is 0.856. The number of likely N-dealkylation sites (tertiary alicyclic amines) is 1. The van der Waals surface area contributed by atoms with E-state index in [0.29, 0.717) is 38.2 Å². The number of carbonyl (C=O) groups excluding carboxylic acids is 2. The van der Waals surface area contributed by atoms with Crippen molar-refractivity contribution in [1.82, 2.24) is 20.4 Å². The lowest BCUT2D eigenvalue weighted by Gasteiger charge is -2.31. The average Bonchev–Trinajstić information content (AvgIpc) is 3.19. The van der Waals surface area contributed by atoms with Crippen LogP contribution in [-0.4, -0.2) is 59.4 Å². The first-order valence-electron chi connectivity index (χ1n) is 10.1. The lowest BCUT2D eigenvalue weighted by molar-refractivity contribution is 0.0856. The Morgan fingerprint density at radius 2 is 1.90 bits per heavy atom. The van der Waals surface area contributed by atoms with Crippen LogP contribution in [0.15, 0.2) is 36.4 Å². The second-order valence-electron chi connectivity index (χ2n) is 7.24. The molecule has 0 unspecified atom stereocenters. The summed E-state index contributed by atoms with van der Waals surface area (Å²) in [7, 11) is 0. The molecule has 0 aliphatic carbocycles. The molecule has 1 saturated heterocycles. The summed E-state index contributed by atoms with van der Waals surface area (Å²) < 4.78 is 5.02. The molecule has 1 N–H and O–H groups in total. The smallest absolute Gasteiger partial charge is 0.409 e. The summed E-state index contributed by atoms with van der Waals surface area (Å²) in [5, 5.41) is 11.4. The highest BCUT2D eigenvalue weighted by atomic mass is 16.6. The standard InChI is InChI=1S/C21H25N5O3/c1-2-29-21(28)25-12-10-16(11-13-25)22-20(27)17-7-8-19(24-23-17)26-14-9-15-5-3-4-6-18(15)26/h3-8,16H,2,9-14H2,1H3,(H,22,27). The first-order chi connectivity index (χ1) is 14.2. The van der Waals surface area contributed by atoms with Crippen molar-refractivity contribution in [2.45, 2.75) is 32.2 Å². The lowest BCUT2D eigenvalue weighted by Crippen LogP contribution is -2.46. The molecule has 4 rings (SSSR count). The zero-order valence-electron chi connectivity index (χ0n) is 16.5. The average molecular weight is 395 g/mol. The Morgan fingerprint density at radius 3 is 2.62 bits per heavy atom. The van der Waals surface area contributed by atoms with Gasteiger partial charge in [-0.25, -0.2) is 4.79 Å². The van der Waals surface area contributed by atoms with Crippen molar-refractivity contribution in [2.75, 3.05) is 31.1 Å². The van der Waals surface area contributed by atoms with Gasteiger partial charge in [0, 0.05) is 31.4 Å². The van der Waals surface area contributed by atoms with Crippen molar-refractivity contribution in [3.63, 3.8) is 0 Å². The fraction of sp³-hybridized carbons (Fsp3) is 0.429. The number of piperidine rings is 1. The van der Waals surface area contributed by atoms with Crippen LogP contribution < -0.4 is 10.2 Å². The Labute approximate surface area is 169 Å². The fourth-order valence-electron chi connectivity index (χ4n) is 3.85. The highest BCUT2D eigenvalue weighted by molar-refractivity contribution is 5.92. The lowest BCUT2D eigenvalue weighted by atomic mass is 10.1. The van der Waals surface area contributed by atoms with E-state index in [1.165, 1.54) is 5.56 Å². The highest BCUT2D eigenvalue weighted by Crippen LogP contribution is 2.32. The third-order valence-corrected chi connectivity index (χ3v) is 5.40. The minimum absolute atomic E-state index is 0.0140. The van der Waals surface area contributed by atoms with Gasteiger partial charge in [-0.2, -0.15) is 0 Å². The summed E-state index contributed by atoms with van der Waals surface area (Å²) >= 11 is 0. The Hall–Kier alpha value is -3.16. The zero-order valence-corrected chi connectivity index (χ0v) is 16.5. The summed E-state index contributed by atoms with van der Waals surface area (Å²) in [6, 6.07) is 11.8. The monoisotopic (exact) mass is 395 g/mol. The zero-order chi connectivity index (χ0) is 20.2. The van der Waals surface area contributed by atoms with E-state index in [9.17, 15) is 9.59 Å². The summed E-state index contributed by atoms with van der Waals surface area (Å²) in [5.41, 5.74) is 2.74. The number of hydrogen-bond donors (Lipinski definition) is 1. The van der Waals surface area contributed by atoms with Crippen molar-refractivity contribution < 1.29 is 14.3 Å². The molecule has 0 radical (unpaired) electrons. The Bertz CT molecular complexity index is 878. The molecule has 3 heterocycles. The highest BCUT2D eigenvalue weighted by Gasteiger charge is 2.26. The Morgan fingerprint density at radius 1 is 1.10 bits per heavy atom. The van der Waals surface area contributed by atoms with Crippen LogP contribution in [0.1, 0.15) is 35.8 Å². The van der Waals surface area contributed by atoms with E-state index in [2.05, 4.69) is 32.5 Å². The fourth-order valence-corrected chi connectivity index (χ4v) is 3.85. The van der Waals surface area contributed by atoms with Crippen LogP contribution in [0.2, 0.25) is 0 Å². The van der Waals surface area contributed by atoms with Crippen LogP contribution >= 0.6 is 0 Å². The van der Waals surface area contributed by atoms with E-state index in [0.717, 1.165) is 24.5 Å². The summed E-state index contributed by atoms with van der Waals surface area (Å²) in [5.74, 6) is 0.509. The number of benzene rings is 1. The van der Waals surface area contributed by atoms with Gasteiger partial charge in [0.2, 0.25) is 0 Å². The van der Waals surface area contributed by atoms with Crippen LogP contribution in [0.4, 0.5) is 16.3 Å². The molecule has 1 aromatic carbocycles. The van der Waals surface area contributed by atoms with Gasteiger partial charge in [-0.3, -0.25) is 4.79 Å². The van der Waals surface area contributed by atoms with Gasteiger partial charge in [-0.05, 0) is 49.9 Å². The predicted octanol–water partition coefficient (Wildman–Crippen LogP) is 2.52. The number of ether oxygens (including phenoxy) is 1. The number of rotatable bonds is 4. The van der Waals surface area contributed by atoms with Gasteiger partial charge in [-0.1, -0.05) is 18.2 Å². The van der Waals surface area contributed by atoms with Gasteiger partial charge in [0.1, 0.15) is 0 Å². The first kappa shape index (κ1) is 19.2. The van der Waals surface area contributed by atoms with Crippen LogP contribution in [-0.2, 0) is 11.2 Å². The van der Waals surface area contributed by atoms with Crippen molar-refractivity contribution in [1.29, 1.82) is 0 Å². The summed E-state index contributed by atoms with van der Waals surface area (Å²) in [6.45, 7) is 4.16. The first-order valence-corrected chi connectivity index (χ1v) is 10.1. The number of amides is 2. The summed E-state index contributed by atoms with van der Waals surface area (Å²) in [4.78, 5) is 28.1. The number of nitrogens with one attached hydrogen (secondary N) is 1. The normalized spacial score (nSPS) is 16.4. The van der Waals surface area contributed by atoms with Crippen LogP contribution in [0.5, 0.6) is 0 Å². The molecule has 8 nitrogen and oxygen atoms in total. The number of carbonyl (C=O) groups is 2. The van der Waals surface area contributed by atoms with Crippen LogP contribution in [0.3, 0.4) is 0 Å². The second kappa shape index (κ2) is 8.46. The topological polar surface area (TPSA) is 87.7 Å². The van der Waals surface area contributed by atoms with E-state index in [-0.39, 0.29) is 18.0 Å². The molecule has 0 spiro atoms. The van der Waals surface area contributed by atoms with Crippen LogP contribution in [0, 0.1) is 0 Å². The number of nitrogens with zero attached hydrogens (tertiary/aromatic N) is 4. The van der Waals surface area contributed by atoms with Gasteiger partial charge >= 0.3 is 6.09 Å². The van der Waals surface area contributed by atoms with E-state index in [4.69, 9.17) is 4.74 Å². The number of aromatic nitrogens is 2. The largest absolute Gasteiger partial charge is 0.450 e. The number of hydrogen-bond acceptors (Lipinski definition) is 6. The maximum absolute atomic E-state index is 12.5. The minimum atomic E-state index is -0.290. The van der Waals surface area contributed by atoms with Gasteiger partial charge in [0.15, 0.2) is 11.5 Å². The van der Waals surface area contributed by atoms with Crippen molar-refractivity contribution in [3.8, 4) is 0 Å². The minimum Gasteiger partial charge on any atom is -0.450 e. The molecular weight excluding hydrogens is 370 g/mol. The SMILES string of the molecule is CCOC(=O)N1CCC(NC(=O)c2ccc(N3CCc4ccccc43)nn2)CC1. The second-order valence-corrected chi connectivity index (χ2v) is 7.24. The van der Waals surface area contributed by atoms with Gasteiger partial charge in [0.25, 0.3) is 5.91 Å². The molecule has 0 atom stereocenters. The molecule has 152 valence electrons.